The minimum atomic E-state index is 0.291. The molecule has 1 aliphatic rings. The van der Waals surface area contributed by atoms with Crippen LogP contribution in [0.3, 0.4) is 0 Å². The molecule has 1 aliphatic heterocycles. The van der Waals surface area contributed by atoms with Gasteiger partial charge in [0.25, 0.3) is 0 Å². The highest BCUT2D eigenvalue weighted by Gasteiger charge is 2.22. The zero-order chi connectivity index (χ0) is 12.3. The summed E-state index contributed by atoms with van der Waals surface area (Å²) in [7, 11) is 0. The maximum Gasteiger partial charge on any atom is 0.222 e. The van der Waals surface area contributed by atoms with E-state index in [0.717, 1.165) is 30.4 Å². The molecule has 1 fully saturated rings. The van der Waals surface area contributed by atoms with E-state index in [-0.39, 0.29) is 0 Å². The van der Waals surface area contributed by atoms with Gasteiger partial charge in [0.2, 0.25) is 5.91 Å². The van der Waals surface area contributed by atoms with Crippen LogP contribution in [0.2, 0.25) is 0 Å². The molecule has 0 aromatic heterocycles. The second-order valence-electron chi connectivity index (χ2n) is 4.56. The van der Waals surface area contributed by atoms with Crippen LogP contribution >= 0.6 is 15.9 Å². The summed E-state index contributed by atoms with van der Waals surface area (Å²) in [6.45, 7) is 3.75. The third kappa shape index (κ3) is 3.09. The molecule has 0 N–H and O–H groups in total. The fourth-order valence-electron chi connectivity index (χ4n) is 2.42. The molecular weight excluding hydrogens is 278 g/mol. The molecule has 1 saturated heterocycles. The highest BCUT2D eigenvalue weighted by Crippen LogP contribution is 2.28. The second kappa shape index (κ2) is 5.67. The quantitative estimate of drug-likeness (QED) is 0.817. The highest BCUT2D eigenvalue weighted by molar-refractivity contribution is 9.10. The van der Waals surface area contributed by atoms with Crippen molar-refractivity contribution in [2.45, 2.75) is 32.1 Å². The molecular formula is C14H18BrNO. The Morgan fingerprint density at radius 2 is 1.88 bits per heavy atom. The Hall–Kier alpha value is -0.830. The summed E-state index contributed by atoms with van der Waals surface area (Å²) in [5, 5.41) is 0. The average molecular weight is 296 g/mol. The number of benzene rings is 1. The molecule has 3 heteroatoms. The third-order valence-corrected chi connectivity index (χ3v) is 4.02. The third-order valence-electron chi connectivity index (χ3n) is 3.49. The lowest BCUT2D eigenvalue weighted by molar-refractivity contribution is -0.131. The van der Waals surface area contributed by atoms with Crippen LogP contribution < -0.4 is 0 Å². The number of carbonyl (C=O) groups is 1. The molecule has 1 heterocycles. The molecule has 1 aromatic rings. The van der Waals surface area contributed by atoms with E-state index in [1.807, 2.05) is 11.8 Å². The Labute approximate surface area is 111 Å². The molecule has 0 atom stereocenters. The Morgan fingerprint density at radius 1 is 1.29 bits per heavy atom. The van der Waals surface area contributed by atoms with Gasteiger partial charge >= 0.3 is 0 Å². The first-order chi connectivity index (χ1) is 8.20. The standard InChI is InChI=1S/C14H18BrNO/c1-2-14(17)16-9-7-12(8-10-16)11-3-5-13(15)6-4-11/h3-6,12H,2,7-10H2,1H3. The van der Waals surface area contributed by atoms with Crippen molar-refractivity contribution in [3.8, 4) is 0 Å². The molecule has 0 unspecified atom stereocenters. The highest BCUT2D eigenvalue weighted by atomic mass is 79.9. The van der Waals surface area contributed by atoms with Crippen LogP contribution in [0.4, 0.5) is 0 Å². The number of nitrogens with zero attached hydrogens (tertiary/aromatic N) is 1. The van der Waals surface area contributed by atoms with Crippen LogP contribution in [-0.4, -0.2) is 23.9 Å². The monoisotopic (exact) mass is 295 g/mol. The summed E-state index contributed by atoms with van der Waals surface area (Å²) in [6, 6.07) is 8.57. The van der Waals surface area contributed by atoms with Crippen molar-refractivity contribution in [3.63, 3.8) is 0 Å². The summed E-state index contributed by atoms with van der Waals surface area (Å²) in [6.07, 6.45) is 2.81. The van der Waals surface area contributed by atoms with Crippen LogP contribution in [-0.2, 0) is 4.79 Å². The number of carbonyl (C=O) groups excluding carboxylic acids is 1. The van der Waals surface area contributed by atoms with E-state index in [2.05, 4.69) is 40.2 Å². The largest absolute Gasteiger partial charge is 0.343 e. The van der Waals surface area contributed by atoms with E-state index < -0.39 is 0 Å². The Bertz CT molecular complexity index is 380. The van der Waals surface area contributed by atoms with Gasteiger partial charge in [0, 0.05) is 24.0 Å². The molecule has 0 bridgehead atoms. The van der Waals surface area contributed by atoms with E-state index in [0.29, 0.717) is 18.2 Å². The van der Waals surface area contributed by atoms with Gasteiger partial charge in [0.05, 0.1) is 0 Å². The molecule has 17 heavy (non-hydrogen) atoms. The fourth-order valence-corrected chi connectivity index (χ4v) is 2.69. The van der Waals surface area contributed by atoms with Gasteiger partial charge in [-0.05, 0) is 36.5 Å². The second-order valence-corrected chi connectivity index (χ2v) is 5.48. The van der Waals surface area contributed by atoms with Crippen molar-refractivity contribution in [1.29, 1.82) is 0 Å². The van der Waals surface area contributed by atoms with Gasteiger partial charge in [0.15, 0.2) is 0 Å². The van der Waals surface area contributed by atoms with Gasteiger partial charge in [-0.1, -0.05) is 35.0 Å². The molecule has 2 rings (SSSR count). The Morgan fingerprint density at radius 3 is 2.41 bits per heavy atom. The van der Waals surface area contributed by atoms with Crippen molar-refractivity contribution in [2.24, 2.45) is 0 Å². The molecule has 0 spiro atoms. The first kappa shape index (κ1) is 12.6. The van der Waals surface area contributed by atoms with Gasteiger partial charge in [0.1, 0.15) is 0 Å². The van der Waals surface area contributed by atoms with Gasteiger partial charge in [-0.3, -0.25) is 4.79 Å². The maximum atomic E-state index is 11.6. The van der Waals surface area contributed by atoms with Crippen molar-refractivity contribution in [3.05, 3.63) is 34.3 Å². The maximum absolute atomic E-state index is 11.6. The molecule has 0 saturated carbocycles. The summed E-state index contributed by atoms with van der Waals surface area (Å²) in [5.74, 6) is 0.906. The number of hydrogen-bond acceptors (Lipinski definition) is 1. The van der Waals surface area contributed by atoms with Crippen molar-refractivity contribution in [2.75, 3.05) is 13.1 Å². The van der Waals surface area contributed by atoms with Crippen LogP contribution in [0.5, 0.6) is 0 Å². The topological polar surface area (TPSA) is 20.3 Å². The average Bonchev–Trinajstić information content (AvgIpc) is 2.39. The van der Waals surface area contributed by atoms with Gasteiger partial charge in [-0.2, -0.15) is 0 Å². The summed E-state index contributed by atoms with van der Waals surface area (Å²) < 4.78 is 1.12. The molecule has 1 aromatic carbocycles. The van der Waals surface area contributed by atoms with Crippen LogP contribution in [0.1, 0.15) is 37.7 Å². The fraction of sp³-hybridized carbons (Fsp3) is 0.500. The van der Waals surface area contributed by atoms with E-state index in [1.165, 1.54) is 5.56 Å². The van der Waals surface area contributed by atoms with Crippen molar-refractivity contribution < 1.29 is 4.79 Å². The van der Waals surface area contributed by atoms with Crippen LogP contribution in [0.15, 0.2) is 28.7 Å². The SMILES string of the molecule is CCC(=O)N1CCC(c2ccc(Br)cc2)CC1. The number of rotatable bonds is 2. The van der Waals surface area contributed by atoms with Crippen LogP contribution in [0.25, 0.3) is 0 Å². The Kier molecular flexibility index (Phi) is 4.21. The van der Waals surface area contributed by atoms with Crippen molar-refractivity contribution in [1.82, 2.24) is 4.90 Å². The normalized spacial score (nSPS) is 17.2. The Balaban J connectivity index is 1.95. The lowest BCUT2D eigenvalue weighted by Crippen LogP contribution is -2.37. The summed E-state index contributed by atoms with van der Waals surface area (Å²) in [5.41, 5.74) is 1.40. The predicted octanol–water partition coefficient (Wildman–Crippen LogP) is 3.57. The lowest BCUT2D eigenvalue weighted by Gasteiger charge is -2.32. The minimum Gasteiger partial charge on any atom is -0.343 e. The van der Waals surface area contributed by atoms with Crippen molar-refractivity contribution >= 4 is 21.8 Å². The lowest BCUT2D eigenvalue weighted by atomic mass is 9.89. The van der Waals surface area contributed by atoms with E-state index in [9.17, 15) is 4.79 Å². The zero-order valence-corrected chi connectivity index (χ0v) is 11.7. The van der Waals surface area contributed by atoms with Gasteiger partial charge in [-0.15, -0.1) is 0 Å². The first-order valence-electron chi connectivity index (χ1n) is 6.24. The number of likely N-dealkylation sites (tertiary alicyclic amines) is 1. The van der Waals surface area contributed by atoms with Crippen LogP contribution in [0, 0.1) is 0 Å². The van der Waals surface area contributed by atoms with Gasteiger partial charge in [-0.25, -0.2) is 0 Å². The number of halogens is 1. The van der Waals surface area contributed by atoms with E-state index in [1.54, 1.807) is 0 Å². The summed E-state index contributed by atoms with van der Waals surface area (Å²) >= 11 is 3.45. The summed E-state index contributed by atoms with van der Waals surface area (Å²) in [4.78, 5) is 13.6. The number of piperidine rings is 1. The minimum absolute atomic E-state index is 0.291. The smallest absolute Gasteiger partial charge is 0.222 e. The molecule has 92 valence electrons. The van der Waals surface area contributed by atoms with Gasteiger partial charge < -0.3 is 4.90 Å². The number of hydrogen-bond donors (Lipinski definition) is 0. The van der Waals surface area contributed by atoms with E-state index in [4.69, 9.17) is 0 Å². The van der Waals surface area contributed by atoms with E-state index >= 15 is 0 Å². The molecule has 2 nitrogen and oxygen atoms in total. The molecule has 1 amide bonds. The first-order valence-corrected chi connectivity index (χ1v) is 7.03. The zero-order valence-electron chi connectivity index (χ0n) is 10.2. The molecule has 0 radical (unpaired) electrons. The molecule has 0 aliphatic carbocycles. The number of amides is 1. The predicted molar refractivity (Wildman–Crippen MR) is 73.0 cm³/mol.